The number of rotatable bonds is 6. The zero-order valence-electron chi connectivity index (χ0n) is 15.6. The summed E-state index contributed by atoms with van der Waals surface area (Å²) in [7, 11) is 2.68. The summed E-state index contributed by atoms with van der Waals surface area (Å²) in [5.74, 6) is -5.52. The Morgan fingerprint density at radius 3 is 1.48 bits per heavy atom. The van der Waals surface area contributed by atoms with Crippen LogP contribution in [0.1, 0.15) is 23.3 Å². The predicted octanol–water partition coefficient (Wildman–Crippen LogP) is 2.33. The van der Waals surface area contributed by atoms with Gasteiger partial charge >= 0.3 is 11.9 Å². The summed E-state index contributed by atoms with van der Waals surface area (Å²) >= 11 is 0. The number of carboxylic acid groups (broad SMARTS) is 2. The minimum absolute atomic E-state index is 0.108. The Balaban J connectivity index is 2.09. The first kappa shape index (κ1) is 20.3. The van der Waals surface area contributed by atoms with E-state index in [1.807, 2.05) is 0 Å². The van der Waals surface area contributed by atoms with E-state index in [2.05, 4.69) is 0 Å². The van der Waals surface area contributed by atoms with E-state index in [1.54, 1.807) is 0 Å². The summed E-state index contributed by atoms with van der Waals surface area (Å²) in [4.78, 5) is 24.0. The number of carbonyl (C=O) groups is 2. The molecule has 1 fully saturated rings. The van der Waals surface area contributed by atoms with Gasteiger partial charge in [0.15, 0.2) is 23.0 Å². The molecule has 29 heavy (non-hydrogen) atoms. The molecule has 9 nitrogen and oxygen atoms in total. The number of carboxylic acids is 2. The van der Waals surface area contributed by atoms with Gasteiger partial charge in [0, 0.05) is 0 Å². The van der Waals surface area contributed by atoms with Gasteiger partial charge in [-0.3, -0.25) is 9.59 Å². The third-order valence-corrected chi connectivity index (χ3v) is 4.97. The molecule has 1 heterocycles. The largest absolute Gasteiger partial charge is 0.504 e. The molecule has 0 saturated carbocycles. The summed E-state index contributed by atoms with van der Waals surface area (Å²) in [5, 5.41) is 39.1. The molecule has 154 valence electrons. The standard InChI is InChI=1S/C20H20O9/c1-27-13-7-9(3-5-11(13)21)17-15(19(23)24)16(20(25)26)18(29-17)10-4-6-12(22)14(8-10)28-2/h3-8,15-18,21-22H,1-2H3,(H,23,24)(H,25,26). The maximum absolute atomic E-state index is 12.0. The van der Waals surface area contributed by atoms with Crippen molar-refractivity contribution in [3.8, 4) is 23.0 Å². The normalized spacial score (nSPS) is 23.5. The third kappa shape index (κ3) is 3.64. The summed E-state index contributed by atoms with van der Waals surface area (Å²) < 4.78 is 16.0. The van der Waals surface area contributed by atoms with Crippen molar-refractivity contribution >= 4 is 11.9 Å². The first-order valence-corrected chi connectivity index (χ1v) is 8.63. The number of phenolic OH excluding ortho intramolecular Hbond substituents is 2. The van der Waals surface area contributed by atoms with Crippen LogP contribution in [0, 0.1) is 11.8 Å². The Labute approximate surface area is 165 Å². The first-order chi connectivity index (χ1) is 13.8. The van der Waals surface area contributed by atoms with Crippen LogP contribution >= 0.6 is 0 Å². The second-order valence-electron chi connectivity index (χ2n) is 6.57. The molecule has 0 amide bonds. The number of benzene rings is 2. The molecule has 1 aliphatic rings. The van der Waals surface area contributed by atoms with Crippen molar-refractivity contribution < 1.29 is 44.2 Å². The number of methoxy groups -OCH3 is 2. The van der Waals surface area contributed by atoms with Crippen LogP contribution < -0.4 is 9.47 Å². The first-order valence-electron chi connectivity index (χ1n) is 8.63. The monoisotopic (exact) mass is 404 g/mol. The van der Waals surface area contributed by atoms with Gasteiger partial charge in [-0.15, -0.1) is 0 Å². The molecule has 1 aliphatic heterocycles. The average molecular weight is 404 g/mol. The zero-order chi connectivity index (χ0) is 21.3. The van der Waals surface area contributed by atoms with Gasteiger partial charge < -0.3 is 34.6 Å². The Morgan fingerprint density at radius 1 is 0.793 bits per heavy atom. The van der Waals surface area contributed by atoms with Gasteiger partial charge in [0.2, 0.25) is 0 Å². The quantitative estimate of drug-likeness (QED) is 0.570. The molecule has 3 rings (SSSR count). The highest BCUT2D eigenvalue weighted by Gasteiger charge is 2.53. The van der Waals surface area contributed by atoms with Gasteiger partial charge in [-0.25, -0.2) is 0 Å². The van der Waals surface area contributed by atoms with Gasteiger partial charge in [-0.05, 0) is 35.4 Å². The minimum atomic E-state index is -1.40. The van der Waals surface area contributed by atoms with Crippen LogP contribution in [-0.2, 0) is 14.3 Å². The summed E-state index contributed by atoms with van der Waals surface area (Å²) in [5.41, 5.74) is 0.707. The molecular formula is C20H20O9. The van der Waals surface area contributed by atoms with Crippen molar-refractivity contribution in [1.29, 1.82) is 0 Å². The fourth-order valence-electron chi connectivity index (χ4n) is 3.58. The molecule has 4 atom stereocenters. The molecule has 1 saturated heterocycles. The molecular weight excluding hydrogens is 384 g/mol. The molecule has 0 bridgehead atoms. The minimum Gasteiger partial charge on any atom is -0.504 e. The van der Waals surface area contributed by atoms with Crippen molar-refractivity contribution in [2.75, 3.05) is 14.2 Å². The van der Waals surface area contributed by atoms with Crippen molar-refractivity contribution in [3.05, 3.63) is 47.5 Å². The molecule has 2 aromatic rings. The maximum atomic E-state index is 12.0. The number of aliphatic carboxylic acids is 2. The lowest BCUT2D eigenvalue weighted by molar-refractivity contribution is -0.153. The molecule has 0 aromatic heterocycles. The van der Waals surface area contributed by atoms with Crippen LogP contribution in [0.15, 0.2) is 36.4 Å². The Kier molecular flexibility index (Phi) is 5.51. The van der Waals surface area contributed by atoms with Crippen LogP contribution in [-0.4, -0.2) is 46.6 Å². The highest BCUT2D eigenvalue weighted by Crippen LogP contribution is 2.51. The zero-order valence-corrected chi connectivity index (χ0v) is 15.6. The van der Waals surface area contributed by atoms with Crippen molar-refractivity contribution in [2.45, 2.75) is 12.2 Å². The molecule has 0 radical (unpaired) electrons. The second kappa shape index (κ2) is 7.88. The van der Waals surface area contributed by atoms with E-state index < -0.39 is 36.0 Å². The van der Waals surface area contributed by atoms with E-state index in [1.165, 1.54) is 50.6 Å². The summed E-state index contributed by atoms with van der Waals surface area (Å²) in [6.07, 6.45) is -2.21. The molecule has 4 N–H and O–H groups in total. The second-order valence-corrected chi connectivity index (χ2v) is 6.57. The highest BCUT2D eigenvalue weighted by atomic mass is 16.5. The number of aromatic hydroxyl groups is 2. The van der Waals surface area contributed by atoms with Crippen LogP contribution in [0.5, 0.6) is 23.0 Å². The molecule has 0 aliphatic carbocycles. The van der Waals surface area contributed by atoms with Gasteiger partial charge in [0.1, 0.15) is 11.8 Å². The fourth-order valence-corrected chi connectivity index (χ4v) is 3.58. The number of phenols is 2. The van der Waals surface area contributed by atoms with E-state index in [0.29, 0.717) is 11.1 Å². The van der Waals surface area contributed by atoms with Gasteiger partial charge in [0.25, 0.3) is 0 Å². The fraction of sp³-hybridized carbons (Fsp3) is 0.300. The van der Waals surface area contributed by atoms with Gasteiger partial charge in [-0.1, -0.05) is 12.1 Å². The predicted molar refractivity (Wildman–Crippen MR) is 98.1 cm³/mol. The van der Waals surface area contributed by atoms with Crippen molar-refractivity contribution in [3.63, 3.8) is 0 Å². The highest BCUT2D eigenvalue weighted by molar-refractivity contribution is 5.82. The van der Waals surface area contributed by atoms with Crippen molar-refractivity contribution in [1.82, 2.24) is 0 Å². The van der Waals surface area contributed by atoms with Gasteiger partial charge in [0.05, 0.1) is 26.4 Å². The lowest BCUT2D eigenvalue weighted by Gasteiger charge is -2.18. The van der Waals surface area contributed by atoms with Gasteiger partial charge in [-0.2, -0.15) is 0 Å². The van der Waals surface area contributed by atoms with E-state index in [0.717, 1.165) is 0 Å². The SMILES string of the molecule is COc1cc(C2OC(c3ccc(O)c(OC)c3)C(C(=O)O)C2C(=O)O)ccc1O. The topological polar surface area (TPSA) is 143 Å². The molecule has 9 heteroatoms. The number of hydrogen-bond acceptors (Lipinski definition) is 7. The maximum Gasteiger partial charge on any atom is 0.310 e. The van der Waals surface area contributed by atoms with Crippen LogP contribution in [0.2, 0.25) is 0 Å². The van der Waals surface area contributed by atoms with Crippen LogP contribution in [0.3, 0.4) is 0 Å². The van der Waals surface area contributed by atoms with E-state index >= 15 is 0 Å². The number of ether oxygens (including phenoxy) is 3. The average Bonchev–Trinajstić information content (AvgIpc) is 3.10. The third-order valence-electron chi connectivity index (χ3n) is 4.97. The lowest BCUT2D eigenvalue weighted by Crippen LogP contribution is -2.30. The molecule has 2 aromatic carbocycles. The summed E-state index contributed by atoms with van der Waals surface area (Å²) in [6.45, 7) is 0. The van der Waals surface area contributed by atoms with E-state index in [4.69, 9.17) is 14.2 Å². The molecule has 0 spiro atoms. The lowest BCUT2D eigenvalue weighted by atomic mass is 9.82. The van der Waals surface area contributed by atoms with Crippen LogP contribution in [0.25, 0.3) is 0 Å². The van der Waals surface area contributed by atoms with E-state index in [-0.39, 0.29) is 23.0 Å². The smallest absolute Gasteiger partial charge is 0.310 e. The Hall–Kier alpha value is -3.46. The Bertz CT molecular complexity index is 864. The molecule has 4 unspecified atom stereocenters. The Morgan fingerprint density at radius 2 is 1.17 bits per heavy atom. The van der Waals surface area contributed by atoms with Crippen molar-refractivity contribution in [2.24, 2.45) is 11.8 Å². The van der Waals surface area contributed by atoms with Crippen LogP contribution in [0.4, 0.5) is 0 Å². The van der Waals surface area contributed by atoms with E-state index in [9.17, 15) is 30.0 Å². The summed E-state index contributed by atoms with van der Waals surface area (Å²) in [6, 6.07) is 8.38. The number of hydrogen-bond donors (Lipinski definition) is 4.